The topological polar surface area (TPSA) is 60.2 Å². The predicted octanol–water partition coefficient (Wildman–Crippen LogP) is 1.14. The second-order valence-electron chi connectivity index (χ2n) is 3.83. The van der Waals surface area contributed by atoms with Crippen LogP contribution in [0.2, 0.25) is 0 Å². The molecule has 1 aromatic rings. The Labute approximate surface area is 84.0 Å². The van der Waals surface area contributed by atoms with E-state index in [1.807, 2.05) is 31.2 Å². The fourth-order valence-electron chi connectivity index (χ4n) is 1.86. The molecule has 0 aromatic heterocycles. The molecule has 0 heterocycles. The third kappa shape index (κ3) is 1.67. The molecule has 1 aliphatic carbocycles. The fraction of sp³-hybridized carbons (Fsp3) is 0.400. The first-order valence-electron chi connectivity index (χ1n) is 4.57. The highest BCUT2D eigenvalue weighted by Crippen LogP contribution is 2.45. The van der Waals surface area contributed by atoms with E-state index in [0.29, 0.717) is 6.42 Å². The van der Waals surface area contributed by atoms with E-state index in [4.69, 9.17) is 5.14 Å². The second kappa shape index (κ2) is 3.07. The Bertz CT molecular complexity index is 453. The monoisotopic (exact) mass is 211 g/mol. The molecule has 0 spiro atoms. The van der Waals surface area contributed by atoms with Crippen LogP contribution < -0.4 is 5.14 Å². The van der Waals surface area contributed by atoms with Crippen molar-refractivity contribution in [3.8, 4) is 0 Å². The van der Waals surface area contributed by atoms with Gasteiger partial charge in [-0.25, -0.2) is 13.6 Å². The molecule has 2 atom stereocenters. The molecule has 2 unspecified atom stereocenters. The molecular weight excluding hydrogens is 198 g/mol. The SMILES string of the molecule is Cc1ccccc1C1CC1S(N)(=O)=O. The van der Waals surface area contributed by atoms with Gasteiger partial charge in [0, 0.05) is 5.92 Å². The predicted molar refractivity (Wildman–Crippen MR) is 55.4 cm³/mol. The minimum atomic E-state index is -3.34. The molecule has 3 nitrogen and oxygen atoms in total. The van der Waals surface area contributed by atoms with Crippen molar-refractivity contribution in [2.24, 2.45) is 5.14 Å². The lowest BCUT2D eigenvalue weighted by Crippen LogP contribution is -2.18. The molecule has 0 amide bonds. The quantitative estimate of drug-likeness (QED) is 0.797. The molecule has 0 bridgehead atoms. The van der Waals surface area contributed by atoms with Crippen LogP contribution in [0.3, 0.4) is 0 Å². The van der Waals surface area contributed by atoms with Gasteiger partial charge in [0.25, 0.3) is 0 Å². The van der Waals surface area contributed by atoms with Crippen LogP contribution in [0.4, 0.5) is 0 Å². The summed E-state index contributed by atoms with van der Waals surface area (Å²) in [7, 11) is -3.34. The van der Waals surface area contributed by atoms with Crippen molar-refractivity contribution < 1.29 is 8.42 Å². The van der Waals surface area contributed by atoms with Crippen LogP contribution in [-0.4, -0.2) is 13.7 Å². The van der Waals surface area contributed by atoms with Gasteiger partial charge in [0.15, 0.2) is 0 Å². The standard InChI is InChI=1S/C10H13NO2S/c1-7-4-2-3-5-8(7)9-6-10(9)14(11,12)13/h2-5,9-10H,6H2,1H3,(H2,11,12,13). The van der Waals surface area contributed by atoms with Crippen LogP contribution >= 0.6 is 0 Å². The Morgan fingerprint density at radius 3 is 2.50 bits per heavy atom. The largest absolute Gasteiger partial charge is 0.228 e. The highest BCUT2D eigenvalue weighted by atomic mass is 32.2. The van der Waals surface area contributed by atoms with Gasteiger partial charge >= 0.3 is 0 Å². The second-order valence-corrected chi connectivity index (χ2v) is 5.61. The number of hydrogen-bond acceptors (Lipinski definition) is 2. The number of sulfonamides is 1. The zero-order valence-electron chi connectivity index (χ0n) is 7.97. The molecule has 14 heavy (non-hydrogen) atoms. The molecule has 0 radical (unpaired) electrons. The number of rotatable bonds is 2. The van der Waals surface area contributed by atoms with Gasteiger partial charge in [0.2, 0.25) is 10.0 Å². The lowest BCUT2D eigenvalue weighted by molar-refractivity contribution is 0.595. The summed E-state index contributed by atoms with van der Waals surface area (Å²) in [5.41, 5.74) is 2.26. The number of benzene rings is 1. The molecule has 76 valence electrons. The van der Waals surface area contributed by atoms with Gasteiger partial charge in [-0.1, -0.05) is 24.3 Å². The molecule has 1 aliphatic rings. The molecule has 2 N–H and O–H groups in total. The summed E-state index contributed by atoms with van der Waals surface area (Å²) in [5, 5.41) is 4.73. The Kier molecular flexibility index (Phi) is 2.12. The smallest absolute Gasteiger partial charge is 0.212 e. The summed E-state index contributed by atoms with van der Waals surface area (Å²) in [6.45, 7) is 1.99. The molecule has 1 aromatic carbocycles. The van der Waals surface area contributed by atoms with Crippen LogP contribution in [0.5, 0.6) is 0 Å². The minimum absolute atomic E-state index is 0.117. The van der Waals surface area contributed by atoms with Gasteiger partial charge in [-0.05, 0) is 24.5 Å². The van der Waals surface area contributed by atoms with Crippen molar-refractivity contribution in [2.45, 2.75) is 24.5 Å². The lowest BCUT2D eigenvalue weighted by atomic mass is 10.1. The van der Waals surface area contributed by atoms with Gasteiger partial charge in [0.1, 0.15) is 0 Å². The average Bonchev–Trinajstić information content (AvgIpc) is 2.83. The highest BCUT2D eigenvalue weighted by Gasteiger charge is 2.46. The third-order valence-electron chi connectivity index (χ3n) is 2.74. The Balaban J connectivity index is 2.26. The van der Waals surface area contributed by atoms with E-state index in [9.17, 15) is 8.42 Å². The first-order valence-corrected chi connectivity index (χ1v) is 6.18. The van der Waals surface area contributed by atoms with Crippen molar-refractivity contribution in [3.63, 3.8) is 0 Å². The van der Waals surface area contributed by atoms with Gasteiger partial charge in [-0.3, -0.25) is 0 Å². The Hall–Kier alpha value is -0.870. The molecular formula is C10H13NO2S. The van der Waals surface area contributed by atoms with E-state index in [-0.39, 0.29) is 11.2 Å². The zero-order chi connectivity index (χ0) is 10.3. The van der Waals surface area contributed by atoms with E-state index in [2.05, 4.69) is 0 Å². The summed E-state index contributed by atoms with van der Waals surface area (Å²) in [6, 6.07) is 7.85. The summed E-state index contributed by atoms with van der Waals surface area (Å²) in [4.78, 5) is 0. The molecule has 0 saturated heterocycles. The van der Waals surface area contributed by atoms with Crippen LogP contribution in [-0.2, 0) is 10.0 Å². The lowest BCUT2D eigenvalue weighted by Gasteiger charge is -2.03. The van der Waals surface area contributed by atoms with Crippen molar-refractivity contribution in [3.05, 3.63) is 35.4 Å². The maximum Gasteiger partial charge on any atom is 0.212 e. The minimum Gasteiger partial charge on any atom is -0.228 e. The van der Waals surface area contributed by atoms with Gasteiger partial charge in [-0.15, -0.1) is 0 Å². The Morgan fingerprint density at radius 1 is 1.36 bits per heavy atom. The van der Waals surface area contributed by atoms with E-state index in [1.54, 1.807) is 0 Å². The summed E-state index contributed by atoms with van der Waals surface area (Å²) < 4.78 is 22.1. The van der Waals surface area contributed by atoms with E-state index in [1.165, 1.54) is 0 Å². The highest BCUT2D eigenvalue weighted by molar-refractivity contribution is 7.90. The zero-order valence-corrected chi connectivity index (χ0v) is 8.79. The van der Waals surface area contributed by atoms with Gasteiger partial charge in [0.05, 0.1) is 5.25 Å². The third-order valence-corrected chi connectivity index (χ3v) is 4.11. The normalized spacial score (nSPS) is 26.1. The molecule has 1 fully saturated rings. The first kappa shape index (κ1) is 9.68. The number of aryl methyl sites for hydroxylation is 1. The van der Waals surface area contributed by atoms with Crippen molar-refractivity contribution in [2.75, 3.05) is 0 Å². The van der Waals surface area contributed by atoms with Crippen LogP contribution in [0.1, 0.15) is 23.5 Å². The number of primary sulfonamides is 1. The number of nitrogens with two attached hydrogens (primary N) is 1. The molecule has 2 rings (SSSR count). The van der Waals surface area contributed by atoms with Gasteiger partial charge < -0.3 is 0 Å². The van der Waals surface area contributed by atoms with E-state index >= 15 is 0 Å². The maximum atomic E-state index is 11.1. The van der Waals surface area contributed by atoms with Crippen molar-refractivity contribution >= 4 is 10.0 Å². The fourth-order valence-corrected chi connectivity index (χ4v) is 2.94. The van der Waals surface area contributed by atoms with Crippen LogP contribution in [0.25, 0.3) is 0 Å². The molecule has 4 heteroatoms. The van der Waals surface area contributed by atoms with Crippen LogP contribution in [0.15, 0.2) is 24.3 Å². The van der Waals surface area contributed by atoms with Gasteiger partial charge in [-0.2, -0.15) is 0 Å². The Morgan fingerprint density at radius 2 is 2.00 bits per heavy atom. The summed E-state index contributed by atoms with van der Waals surface area (Å²) in [5.74, 6) is 0.117. The maximum absolute atomic E-state index is 11.1. The van der Waals surface area contributed by atoms with E-state index in [0.717, 1.165) is 11.1 Å². The van der Waals surface area contributed by atoms with Crippen molar-refractivity contribution in [1.29, 1.82) is 0 Å². The average molecular weight is 211 g/mol. The summed E-state index contributed by atoms with van der Waals surface area (Å²) in [6.07, 6.45) is 0.670. The molecule has 1 saturated carbocycles. The first-order chi connectivity index (χ1) is 6.50. The molecule has 0 aliphatic heterocycles. The van der Waals surface area contributed by atoms with E-state index < -0.39 is 10.0 Å². The van der Waals surface area contributed by atoms with Crippen LogP contribution in [0, 0.1) is 6.92 Å². The number of hydrogen-bond donors (Lipinski definition) is 1. The van der Waals surface area contributed by atoms with Crippen molar-refractivity contribution in [1.82, 2.24) is 0 Å². The summed E-state index contributed by atoms with van der Waals surface area (Å²) >= 11 is 0.